The van der Waals surface area contributed by atoms with Gasteiger partial charge in [0.05, 0.1) is 53.9 Å². The van der Waals surface area contributed by atoms with Crippen molar-refractivity contribution in [2.45, 2.75) is 26.8 Å². The molecule has 6 rings (SSSR count). The van der Waals surface area contributed by atoms with Crippen LogP contribution in [0.1, 0.15) is 48.3 Å². The molecule has 0 N–H and O–H groups in total. The van der Waals surface area contributed by atoms with Gasteiger partial charge in [0.2, 0.25) is 0 Å². The van der Waals surface area contributed by atoms with E-state index in [1.165, 1.54) is 23.0 Å². The van der Waals surface area contributed by atoms with E-state index in [9.17, 15) is 14.4 Å². The van der Waals surface area contributed by atoms with Crippen molar-refractivity contribution in [1.82, 2.24) is 14.3 Å². The van der Waals surface area contributed by atoms with E-state index in [0.29, 0.717) is 37.6 Å². The molecule has 1 aliphatic rings. The van der Waals surface area contributed by atoms with Crippen molar-refractivity contribution < 1.29 is 23.8 Å². The predicted molar refractivity (Wildman–Crippen MR) is 183 cm³/mol. The minimum absolute atomic E-state index is 0.116. The molecule has 0 saturated heterocycles. The summed E-state index contributed by atoms with van der Waals surface area (Å²) in [6.07, 6.45) is 3.69. The maximum Gasteiger partial charge on any atom is 0.338 e. The number of hydrogen-bond acceptors (Lipinski definition) is 9. The number of nitrogens with zero attached hydrogens (tertiary/aromatic N) is 4. The Morgan fingerprint density at radius 1 is 0.958 bits per heavy atom. The molecule has 0 amide bonds. The number of fused-ring (bicyclic) bond motifs is 1. The Morgan fingerprint density at radius 2 is 1.67 bits per heavy atom. The smallest absolute Gasteiger partial charge is 0.338 e. The molecule has 0 bridgehead atoms. The van der Waals surface area contributed by atoms with Crippen LogP contribution in [0.25, 0.3) is 23.0 Å². The van der Waals surface area contributed by atoms with Crippen molar-refractivity contribution in [2.75, 3.05) is 20.8 Å². The number of aromatic nitrogens is 3. The molecule has 48 heavy (non-hydrogen) atoms. The van der Waals surface area contributed by atoms with E-state index < -0.39 is 18.0 Å². The van der Waals surface area contributed by atoms with Crippen molar-refractivity contribution in [2.24, 2.45) is 10.9 Å². The lowest BCUT2D eigenvalue weighted by Crippen LogP contribution is -2.40. The first-order valence-electron chi connectivity index (χ1n) is 15.4. The molecule has 1 atom stereocenters. The van der Waals surface area contributed by atoms with Gasteiger partial charge in [-0.1, -0.05) is 55.5 Å². The minimum atomic E-state index is -0.831. The Balaban J connectivity index is 1.52. The summed E-state index contributed by atoms with van der Waals surface area (Å²) in [5.41, 5.74) is 4.47. The predicted octanol–water partition coefficient (Wildman–Crippen LogP) is 5.08. The normalized spacial score (nSPS) is 14.5. The van der Waals surface area contributed by atoms with Gasteiger partial charge in [-0.25, -0.2) is 19.3 Å². The van der Waals surface area contributed by atoms with E-state index in [1.807, 2.05) is 80.7 Å². The summed E-state index contributed by atoms with van der Waals surface area (Å²) in [6.45, 7) is 5.86. The van der Waals surface area contributed by atoms with Gasteiger partial charge in [-0.3, -0.25) is 9.36 Å². The Morgan fingerprint density at radius 3 is 2.31 bits per heavy atom. The highest BCUT2D eigenvalue weighted by molar-refractivity contribution is 7.07. The Kier molecular flexibility index (Phi) is 9.22. The molecule has 0 aliphatic carbocycles. The summed E-state index contributed by atoms with van der Waals surface area (Å²) in [5, 5.41) is 4.90. The fourth-order valence-electron chi connectivity index (χ4n) is 5.46. The molecule has 244 valence electrons. The lowest BCUT2D eigenvalue weighted by atomic mass is 9.95. The number of para-hydroxylation sites is 1. The summed E-state index contributed by atoms with van der Waals surface area (Å²) >= 11 is 1.23. The van der Waals surface area contributed by atoms with Gasteiger partial charge >= 0.3 is 11.9 Å². The topological polar surface area (TPSA) is 114 Å². The van der Waals surface area contributed by atoms with Crippen LogP contribution in [0.5, 0.6) is 5.75 Å². The highest BCUT2D eigenvalue weighted by Gasteiger charge is 2.33. The van der Waals surface area contributed by atoms with E-state index in [2.05, 4.69) is 0 Å². The van der Waals surface area contributed by atoms with Gasteiger partial charge in [0.1, 0.15) is 11.4 Å². The Labute approximate surface area is 280 Å². The van der Waals surface area contributed by atoms with Gasteiger partial charge < -0.3 is 14.2 Å². The quantitative estimate of drug-likeness (QED) is 0.202. The third-order valence-electron chi connectivity index (χ3n) is 7.85. The summed E-state index contributed by atoms with van der Waals surface area (Å²) in [4.78, 5) is 45.3. The maximum atomic E-state index is 14.4. The molecule has 0 saturated carbocycles. The highest BCUT2D eigenvalue weighted by atomic mass is 32.1. The zero-order valence-corrected chi connectivity index (χ0v) is 28.0. The van der Waals surface area contributed by atoms with Gasteiger partial charge in [-0.05, 0) is 73.0 Å². The molecule has 3 heterocycles. The Hall–Kier alpha value is -5.55. The number of rotatable bonds is 9. The van der Waals surface area contributed by atoms with Crippen LogP contribution in [-0.4, -0.2) is 47.1 Å². The lowest BCUT2D eigenvalue weighted by Gasteiger charge is -2.25. The van der Waals surface area contributed by atoms with Crippen molar-refractivity contribution in [3.8, 4) is 22.7 Å². The maximum absolute atomic E-state index is 14.4. The van der Waals surface area contributed by atoms with Crippen LogP contribution in [0.15, 0.2) is 106 Å². The van der Waals surface area contributed by atoms with Gasteiger partial charge in [0.25, 0.3) is 5.56 Å². The number of benzene rings is 3. The molecular formula is C37H34N4O6S. The number of carbonyl (C=O) groups is 2. The van der Waals surface area contributed by atoms with E-state index in [0.717, 1.165) is 16.8 Å². The van der Waals surface area contributed by atoms with E-state index in [-0.39, 0.29) is 23.7 Å². The molecule has 0 radical (unpaired) electrons. The molecule has 11 heteroatoms. The second-order valence-corrected chi connectivity index (χ2v) is 12.6. The minimum Gasteiger partial charge on any atom is -0.497 e. The summed E-state index contributed by atoms with van der Waals surface area (Å²) in [7, 11) is 2.93. The first-order chi connectivity index (χ1) is 23.2. The van der Waals surface area contributed by atoms with Crippen LogP contribution in [0.3, 0.4) is 0 Å². The van der Waals surface area contributed by atoms with E-state index >= 15 is 0 Å². The van der Waals surface area contributed by atoms with Crippen molar-refractivity contribution in [1.29, 1.82) is 0 Å². The molecule has 10 nitrogen and oxygen atoms in total. The molecule has 0 spiro atoms. The van der Waals surface area contributed by atoms with Gasteiger partial charge in [-0.15, -0.1) is 0 Å². The summed E-state index contributed by atoms with van der Waals surface area (Å²) in [6, 6.07) is 23.1. The molecule has 0 fully saturated rings. The number of methoxy groups -OCH3 is 2. The van der Waals surface area contributed by atoms with E-state index in [1.54, 1.807) is 43.0 Å². The first kappa shape index (κ1) is 32.4. The standard InChI is InChI=1S/C37H34N4O6S/c1-22(2)21-47-36(44)31-23(3)38-37-41(33(31)25-11-13-26(14-12-25)35(43)46-5)34(42)30(48-37)19-27-20-40(28-9-7-6-8-10-28)39-32(27)24-15-17-29(45-4)18-16-24/h6-20,22,33H,21H2,1-5H3/b30-19-/t33-/m1/s1. The molecular weight excluding hydrogens is 628 g/mol. The van der Waals surface area contributed by atoms with Crippen molar-refractivity contribution in [3.05, 3.63) is 133 Å². The average Bonchev–Trinajstić information content (AvgIpc) is 3.67. The fraction of sp³-hybridized carbons (Fsp3) is 0.216. The zero-order valence-electron chi connectivity index (χ0n) is 27.2. The Bertz CT molecular complexity index is 2190. The number of hydrogen-bond donors (Lipinski definition) is 0. The second kappa shape index (κ2) is 13.7. The SMILES string of the molecule is COC(=O)c1ccc([C@@H]2C(C(=O)OCC(C)C)=C(C)N=c3s/c(=C\c4cn(-c5ccccc5)nc4-c4ccc(OC)cc4)c(=O)n32)cc1. The molecule has 5 aromatic rings. The molecule has 2 aromatic heterocycles. The van der Waals surface area contributed by atoms with Crippen LogP contribution in [-0.2, 0) is 14.3 Å². The largest absolute Gasteiger partial charge is 0.497 e. The van der Waals surface area contributed by atoms with Gasteiger partial charge in [0, 0.05) is 17.3 Å². The number of esters is 2. The van der Waals surface area contributed by atoms with Crippen LogP contribution in [0.2, 0.25) is 0 Å². The number of thiazole rings is 1. The van der Waals surface area contributed by atoms with Crippen molar-refractivity contribution >= 4 is 29.4 Å². The fourth-order valence-corrected chi connectivity index (χ4v) is 6.50. The molecule has 3 aromatic carbocycles. The van der Waals surface area contributed by atoms with Gasteiger partial charge in [-0.2, -0.15) is 5.10 Å². The second-order valence-electron chi connectivity index (χ2n) is 11.6. The number of carbonyl (C=O) groups excluding carboxylic acids is 2. The van der Waals surface area contributed by atoms with Crippen LogP contribution >= 0.6 is 11.3 Å². The van der Waals surface area contributed by atoms with Gasteiger partial charge in [0.15, 0.2) is 4.80 Å². The third-order valence-corrected chi connectivity index (χ3v) is 8.83. The average molecular weight is 663 g/mol. The number of ether oxygens (including phenoxy) is 3. The van der Waals surface area contributed by atoms with Crippen LogP contribution in [0, 0.1) is 5.92 Å². The molecule has 0 unspecified atom stereocenters. The summed E-state index contributed by atoms with van der Waals surface area (Å²) < 4.78 is 19.6. The van der Waals surface area contributed by atoms with Crippen LogP contribution in [0.4, 0.5) is 0 Å². The number of allylic oxidation sites excluding steroid dienone is 1. The van der Waals surface area contributed by atoms with E-state index in [4.69, 9.17) is 24.3 Å². The van der Waals surface area contributed by atoms with Crippen molar-refractivity contribution in [3.63, 3.8) is 0 Å². The first-order valence-corrected chi connectivity index (χ1v) is 16.2. The third kappa shape index (κ3) is 6.37. The highest BCUT2D eigenvalue weighted by Crippen LogP contribution is 2.31. The molecule has 1 aliphatic heterocycles. The van der Waals surface area contributed by atoms with Crippen LogP contribution < -0.4 is 19.6 Å². The lowest BCUT2D eigenvalue weighted by molar-refractivity contribution is -0.140. The monoisotopic (exact) mass is 662 g/mol. The zero-order chi connectivity index (χ0) is 33.9. The summed E-state index contributed by atoms with van der Waals surface area (Å²) in [5.74, 6) is -0.205.